The van der Waals surface area contributed by atoms with Gasteiger partial charge in [-0.25, -0.2) is 15.0 Å². The molecule has 0 fully saturated rings. The summed E-state index contributed by atoms with van der Waals surface area (Å²) in [7, 11) is 8.76. The lowest BCUT2D eigenvalue weighted by Gasteiger charge is -2.12. The summed E-state index contributed by atoms with van der Waals surface area (Å²) in [6, 6.07) is 42.0. The molecule has 0 radical (unpaired) electrons. The number of hydrogen-bond donors (Lipinski definition) is 0. The zero-order valence-corrected chi connectivity index (χ0v) is 27.2. The lowest BCUT2D eigenvalue weighted by molar-refractivity contribution is 0.667. The highest BCUT2D eigenvalue weighted by Gasteiger charge is 2.22. The average Bonchev–Trinajstić information content (AvgIpc) is 3.65. The normalized spacial score (nSPS) is 11.7. The van der Waals surface area contributed by atoms with Crippen LogP contribution < -0.4 is 21.9 Å². The summed E-state index contributed by atoms with van der Waals surface area (Å²) in [4.78, 5) is 15.0. The van der Waals surface area contributed by atoms with Gasteiger partial charge in [-0.05, 0) is 12.1 Å². The number of nitrogens with zero attached hydrogens (tertiary/aromatic N) is 4. The van der Waals surface area contributed by atoms with Gasteiger partial charge in [0.1, 0.15) is 37.0 Å². The van der Waals surface area contributed by atoms with Gasteiger partial charge in [0.25, 0.3) is 0 Å². The lowest BCUT2D eigenvalue weighted by Crippen LogP contribution is -2.18. The van der Waals surface area contributed by atoms with Crippen molar-refractivity contribution in [3.8, 4) is 39.9 Å². The Morgan fingerprint density at radius 3 is 1.52 bits per heavy atom. The highest BCUT2D eigenvalue weighted by Crippen LogP contribution is 2.40. The molecular weight excluding hydrogens is 584 g/mol. The highest BCUT2D eigenvalue weighted by molar-refractivity contribution is 6.48. The van der Waals surface area contributed by atoms with E-state index in [4.69, 9.17) is 19.4 Å². The maximum atomic E-state index is 6.99. The lowest BCUT2D eigenvalue weighted by atomic mass is 9.83. The first-order chi connectivity index (χ1) is 23.4. The Bertz CT molecular complexity index is 2600. The standard InChI is InChI=1S/C39H28B4N4O/c40-23-17-28-29-18-24(41)20-31(43)34(29)47(33(28)30(42)19-23)32-16-8-14-26-25-13-7-15-27(35(25)48-36(26)32)39-45-37(21-9-3-1-4-10-21)44-38(46-39)22-11-5-2-6-12-22/h1-20H,40-43H2. The second-order valence-electron chi connectivity index (χ2n) is 12.8. The van der Waals surface area contributed by atoms with Crippen molar-refractivity contribution >= 4 is 97.0 Å². The minimum atomic E-state index is 0.573. The molecule has 9 rings (SSSR count). The summed E-state index contributed by atoms with van der Waals surface area (Å²) in [5.74, 6) is 1.81. The predicted molar refractivity (Wildman–Crippen MR) is 210 cm³/mol. The number of hydrogen-bond acceptors (Lipinski definition) is 4. The van der Waals surface area contributed by atoms with Crippen LogP contribution >= 0.6 is 0 Å². The van der Waals surface area contributed by atoms with Gasteiger partial charge < -0.3 is 8.98 Å². The fourth-order valence-electron chi connectivity index (χ4n) is 7.36. The molecule has 222 valence electrons. The Morgan fingerprint density at radius 2 is 0.958 bits per heavy atom. The van der Waals surface area contributed by atoms with E-state index in [0.29, 0.717) is 17.5 Å². The number of aromatic nitrogens is 4. The Labute approximate surface area is 281 Å². The van der Waals surface area contributed by atoms with Crippen LogP contribution in [0.4, 0.5) is 0 Å². The van der Waals surface area contributed by atoms with E-state index >= 15 is 0 Å². The molecule has 6 aromatic carbocycles. The Hall–Kier alpha value is -5.81. The third kappa shape index (κ3) is 4.42. The van der Waals surface area contributed by atoms with Crippen LogP contribution in [0, 0.1) is 0 Å². The van der Waals surface area contributed by atoms with Gasteiger partial charge in [0, 0.05) is 43.7 Å². The molecule has 0 bridgehead atoms. The average molecular weight is 612 g/mol. The molecule has 0 aliphatic heterocycles. The largest absolute Gasteiger partial charge is 0.453 e. The van der Waals surface area contributed by atoms with E-state index in [9.17, 15) is 0 Å². The molecule has 48 heavy (non-hydrogen) atoms. The first kappa shape index (κ1) is 28.4. The third-order valence-electron chi connectivity index (χ3n) is 9.31. The number of rotatable bonds is 4. The molecule has 0 unspecified atom stereocenters. The van der Waals surface area contributed by atoms with Gasteiger partial charge in [-0.2, -0.15) is 0 Å². The predicted octanol–water partition coefficient (Wildman–Crippen LogP) is 2.90. The molecule has 0 N–H and O–H groups in total. The van der Waals surface area contributed by atoms with E-state index in [1.54, 1.807) is 0 Å². The van der Waals surface area contributed by atoms with Crippen molar-refractivity contribution in [2.75, 3.05) is 0 Å². The van der Waals surface area contributed by atoms with Gasteiger partial charge >= 0.3 is 0 Å². The van der Waals surface area contributed by atoms with E-state index < -0.39 is 0 Å². The van der Waals surface area contributed by atoms with Gasteiger partial charge in [0.05, 0.1) is 11.3 Å². The molecule has 0 saturated heterocycles. The maximum absolute atomic E-state index is 6.99. The van der Waals surface area contributed by atoms with Gasteiger partial charge in [-0.1, -0.05) is 131 Å². The quantitative estimate of drug-likeness (QED) is 0.288. The SMILES string of the molecule is Bc1cc(B)c2c(c1)c1cc(B)cc(B)c1n2-c1cccc2c1oc1c(-c3nc(-c4ccccc4)nc(-c4ccccc4)n3)cccc12. The molecule has 3 heterocycles. The van der Waals surface area contributed by atoms with Crippen LogP contribution in [0.2, 0.25) is 0 Å². The van der Waals surface area contributed by atoms with E-state index in [-0.39, 0.29) is 0 Å². The first-order valence-electron chi connectivity index (χ1n) is 16.3. The van der Waals surface area contributed by atoms with Crippen molar-refractivity contribution in [3.63, 3.8) is 0 Å². The summed E-state index contributed by atoms with van der Waals surface area (Å²) < 4.78 is 9.39. The Kier molecular flexibility index (Phi) is 6.44. The second kappa shape index (κ2) is 10.9. The highest BCUT2D eigenvalue weighted by atomic mass is 16.3. The van der Waals surface area contributed by atoms with Crippen molar-refractivity contribution in [1.82, 2.24) is 19.5 Å². The van der Waals surface area contributed by atoms with Crippen molar-refractivity contribution in [2.24, 2.45) is 0 Å². The number of fused-ring (bicyclic) bond motifs is 6. The molecule has 0 spiro atoms. The van der Waals surface area contributed by atoms with E-state index in [0.717, 1.165) is 44.3 Å². The topological polar surface area (TPSA) is 56.7 Å². The molecule has 3 aromatic heterocycles. The van der Waals surface area contributed by atoms with Crippen LogP contribution in [0.3, 0.4) is 0 Å². The van der Waals surface area contributed by atoms with Gasteiger partial charge in [0.15, 0.2) is 23.1 Å². The molecule has 0 aliphatic rings. The van der Waals surface area contributed by atoms with Crippen molar-refractivity contribution in [1.29, 1.82) is 0 Å². The van der Waals surface area contributed by atoms with E-state index in [1.807, 2.05) is 66.7 Å². The molecule has 9 heteroatoms. The number of furan rings is 1. The summed E-state index contributed by atoms with van der Waals surface area (Å²) in [6.07, 6.45) is 0. The maximum Gasteiger partial charge on any atom is 0.167 e. The van der Waals surface area contributed by atoms with Gasteiger partial charge in [-0.3, -0.25) is 0 Å². The Balaban J connectivity index is 1.34. The minimum absolute atomic E-state index is 0.573. The number of para-hydroxylation sites is 2. The fourth-order valence-corrected chi connectivity index (χ4v) is 7.36. The zero-order chi connectivity index (χ0) is 32.5. The van der Waals surface area contributed by atoms with Crippen molar-refractivity contribution in [3.05, 3.63) is 121 Å². The first-order valence-corrected chi connectivity index (χ1v) is 16.3. The third-order valence-corrected chi connectivity index (χ3v) is 9.31. The van der Waals surface area contributed by atoms with Crippen LogP contribution in [0.15, 0.2) is 126 Å². The van der Waals surface area contributed by atoms with Gasteiger partial charge in [-0.15, -0.1) is 0 Å². The van der Waals surface area contributed by atoms with E-state index in [1.165, 1.54) is 43.7 Å². The van der Waals surface area contributed by atoms with Crippen LogP contribution in [0.1, 0.15) is 0 Å². The minimum Gasteiger partial charge on any atom is -0.453 e. The molecule has 5 nitrogen and oxygen atoms in total. The van der Waals surface area contributed by atoms with Crippen LogP contribution in [-0.2, 0) is 0 Å². The summed E-state index contributed by atoms with van der Waals surface area (Å²) >= 11 is 0. The van der Waals surface area contributed by atoms with Gasteiger partial charge in [0.2, 0.25) is 0 Å². The molecular formula is C39H28B4N4O. The van der Waals surface area contributed by atoms with Crippen molar-refractivity contribution < 1.29 is 4.42 Å². The summed E-state index contributed by atoms with van der Waals surface area (Å²) in [5.41, 5.74) is 12.7. The number of benzene rings is 6. The zero-order valence-electron chi connectivity index (χ0n) is 27.2. The van der Waals surface area contributed by atoms with Crippen molar-refractivity contribution in [2.45, 2.75) is 0 Å². The van der Waals surface area contributed by atoms with Crippen LogP contribution in [-0.4, -0.2) is 50.9 Å². The Morgan fingerprint density at radius 1 is 0.458 bits per heavy atom. The second-order valence-corrected chi connectivity index (χ2v) is 12.8. The molecule has 0 aliphatic carbocycles. The fraction of sp³-hybridized carbons (Fsp3) is 0. The monoisotopic (exact) mass is 612 g/mol. The van der Waals surface area contributed by atoms with E-state index in [2.05, 4.69) is 90.5 Å². The molecule has 0 atom stereocenters. The smallest absolute Gasteiger partial charge is 0.167 e. The summed E-state index contributed by atoms with van der Waals surface area (Å²) in [6.45, 7) is 0. The molecule has 9 aromatic rings. The molecule has 0 amide bonds. The molecule has 0 saturated carbocycles. The summed E-state index contributed by atoms with van der Waals surface area (Å²) in [5, 5.41) is 4.59. The van der Waals surface area contributed by atoms with Crippen LogP contribution in [0.5, 0.6) is 0 Å². The van der Waals surface area contributed by atoms with Crippen LogP contribution in [0.25, 0.3) is 83.6 Å².